The molecule has 1 fully saturated rings. The zero-order valence-corrected chi connectivity index (χ0v) is 8.08. The second kappa shape index (κ2) is 2.74. The molecule has 1 aliphatic carbocycles. The van der Waals surface area contributed by atoms with Crippen molar-refractivity contribution in [1.82, 2.24) is 0 Å². The van der Waals surface area contributed by atoms with Crippen molar-refractivity contribution >= 4 is 0 Å². The molecule has 1 aromatic carbocycles. The summed E-state index contributed by atoms with van der Waals surface area (Å²) in [5.74, 6) is 0.956. The van der Waals surface area contributed by atoms with Crippen molar-refractivity contribution in [1.29, 1.82) is 0 Å². The number of methoxy groups -OCH3 is 1. The quantitative estimate of drug-likeness (QED) is 0.746. The van der Waals surface area contributed by atoms with Crippen molar-refractivity contribution in [2.45, 2.75) is 24.8 Å². The Morgan fingerprint density at radius 3 is 2.62 bits per heavy atom. The maximum absolute atomic E-state index is 5.90. The van der Waals surface area contributed by atoms with Crippen LogP contribution in [0, 0.1) is 0 Å². The lowest BCUT2D eigenvalue weighted by Crippen LogP contribution is -2.15. The molecule has 1 aromatic rings. The van der Waals surface area contributed by atoms with Crippen LogP contribution in [0.15, 0.2) is 24.3 Å². The first-order valence-electron chi connectivity index (χ1n) is 4.57. The summed E-state index contributed by atoms with van der Waals surface area (Å²) in [6.07, 6.45) is 1.06. The molecule has 0 amide bonds. The summed E-state index contributed by atoms with van der Waals surface area (Å²) in [5, 5.41) is 0. The van der Waals surface area contributed by atoms with Crippen molar-refractivity contribution in [2.24, 2.45) is 5.73 Å². The molecule has 0 bridgehead atoms. The van der Waals surface area contributed by atoms with Gasteiger partial charge in [-0.15, -0.1) is 0 Å². The summed E-state index contributed by atoms with van der Waals surface area (Å²) >= 11 is 0. The molecular formula is C11H15NO. The van der Waals surface area contributed by atoms with E-state index in [0.29, 0.717) is 6.04 Å². The third-order valence-electron chi connectivity index (χ3n) is 3.02. The van der Waals surface area contributed by atoms with E-state index >= 15 is 0 Å². The van der Waals surface area contributed by atoms with Crippen LogP contribution in [0.4, 0.5) is 0 Å². The van der Waals surface area contributed by atoms with E-state index in [1.165, 1.54) is 5.56 Å². The van der Waals surface area contributed by atoms with E-state index in [4.69, 9.17) is 10.5 Å². The molecular weight excluding hydrogens is 162 g/mol. The molecule has 0 heterocycles. The van der Waals surface area contributed by atoms with Crippen molar-refractivity contribution in [3.8, 4) is 5.75 Å². The van der Waals surface area contributed by atoms with Gasteiger partial charge in [0, 0.05) is 17.0 Å². The van der Waals surface area contributed by atoms with E-state index < -0.39 is 0 Å². The van der Waals surface area contributed by atoms with Crippen LogP contribution in [0.2, 0.25) is 0 Å². The number of nitrogens with two attached hydrogens (primary N) is 1. The molecule has 0 radical (unpaired) electrons. The van der Waals surface area contributed by atoms with Crippen molar-refractivity contribution in [3.63, 3.8) is 0 Å². The molecule has 2 atom stereocenters. The van der Waals surface area contributed by atoms with Crippen LogP contribution < -0.4 is 10.5 Å². The van der Waals surface area contributed by atoms with Crippen molar-refractivity contribution < 1.29 is 4.74 Å². The molecule has 1 aliphatic rings. The molecule has 2 heteroatoms. The highest BCUT2D eigenvalue weighted by atomic mass is 16.5. The molecule has 0 aromatic heterocycles. The van der Waals surface area contributed by atoms with E-state index in [-0.39, 0.29) is 5.41 Å². The zero-order chi connectivity index (χ0) is 9.47. The van der Waals surface area contributed by atoms with Gasteiger partial charge in [-0.3, -0.25) is 0 Å². The Kier molecular flexibility index (Phi) is 1.81. The second-order valence-electron chi connectivity index (χ2n) is 3.93. The maximum Gasteiger partial charge on any atom is 0.122 e. The number of ether oxygens (including phenoxy) is 1. The van der Waals surface area contributed by atoms with Gasteiger partial charge in [0.05, 0.1) is 7.11 Å². The van der Waals surface area contributed by atoms with Crippen LogP contribution >= 0.6 is 0 Å². The average Bonchev–Trinajstić information content (AvgIpc) is 2.76. The minimum absolute atomic E-state index is 0.145. The molecule has 2 unspecified atom stereocenters. The first kappa shape index (κ1) is 8.57. The molecule has 2 nitrogen and oxygen atoms in total. The smallest absolute Gasteiger partial charge is 0.122 e. The predicted molar refractivity (Wildman–Crippen MR) is 52.9 cm³/mol. The van der Waals surface area contributed by atoms with Crippen LogP contribution in [0.5, 0.6) is 5.75 Å². The maximum atomic E-state index is 5.90. The summed E-state index contributed by atoms with van der Waals surface area (Å²) in [6.45, 7) is 2.19. The van der Waals surface area contributed by atoms with Crippen molar-refractivity contribution in [2.75, 3.05) is 7.11 Å². The SMILES string of the molecule is COc1ccccc1C1(C)CC1N. The van der Waals surface area contributed by atoms with Gasteiger partial charge in [-0.05, 0) is 12.5 Å². The number of hydrogen-bond donors (Lipinski definition) is 1. The Hall–Kier alpha value is -1.02. The first-order valence-corrected chi connectivity index (χ1v) is 4.57. The van der Waals surface area contributed by atoms with Gasteiger partial charge in [0.15, 0.2) is 0 Å². The molecule has 13 heavy (non-hydrogen) atoms. The first-order chi connectivity index (χ1) is 6.18. The predicted octanol–water partition coefficient (Wildman–Crippen LogP) is 1.68. The standard InChI is InChI=1S/C11H15NO/c1-11(7-10(11)12)8-5-3-4-6-9(8)13-2/h3-6,10H,7,12H2,1-2H3. The monoisotopic (exact) mass is 177 g/mol. The number of rotatable bonds is 2. The zero-order valence-electron chi connectivity index (χ0n) is 8.08. The molecule has 70 valence electrons. The fourth-order valence-electron chi connectivity index (χ4n) is 1.82. The molecule has 1 saturated carbocycles. The van der Waals surface area contributed by atoms with E-state index in [9.17, 15) is 0 Å². The highest BCUT2D eigenvalue weighted by Crippen LogP contribution is 2.49. The normalized spacial score (nSPS) is 31.5. The lowest BCUT2D eigenvalue weighted by molar-refractivity contribution is 0.405. The fraction of sp³-hybridized carbons (Fsp3) is 0.455. The van der Waals surface area contributed by atoms with Crippen LogP contribution in [0.1, 0.15) is 18.9 Å². The Morgan fingerprint density at radius 2 is 2.08 bits per heavy atom. The third kappa shape index (κ3) is 1.22. The minimum Gasteiger partial charge on any atom is -0.496 e. The number of benzene rings is 1. The van der Waals surface area contributed by atoms with Gasteiger partial charge >= 0.3 is 0 Å². The van der Waals surface area contributed by atoms with Crippen LogP contribution in [0.25, 0.3) is 0 Å². The highest BCUT2D eigenvalue weighted by Gasteiger charge is 2.50. The van der Waals surface area contributed by atoms with Gasteiger partial charge in [0.2, 0.25) is 0 Å². The molecule has 2 rings (SSSR count). The Morgan fingerprint density at radius 1 is 1.46 bits per heavy atom. The fourth-order valence-corrected chi connectivity index (χ4v) is 1.82. The highest BCUT2D eigenvalue weighted by molar-refractivity contribution is 5.45. The lowest BCUT2D eigenvalue weighted by atomic mass is 9.96. The summed E-state index contributed by atoms with van der Waals surface area (Å²) in [5.41, 5.74) is 7.29. The number of para-hydroxylation sites is 1. The molecule has 0 saturated heterocycles. The summed E-state index contributed by atoms with van der Waals surface area (Å²) in [7, 11) is 1.70. The van der Waals surface area contributed by atoms with Gasteiger partial charge in [0.1, 0.15) is 5.75 Å². The summed E-state index contributed by atoms with van der Waals surface area (Å²) in [4.78, 5) is 0. The largest absolute Gasteiger partial charge is 0.496 e. The van der Waals surface area contributed by atoms with Gasteiger partial charge in [0.25, 0.3) is 0 Å². The van der Waals surface area contributed by atoms with E-state index in [0.717, 1.165) is 12.2 Å². The van der Waals surface area contributed by atoms with Crippen LogP contribution in [-0.4, -0.2) is 13.2 Å². The second-order valence-corrected chi connectivity index (χ2v) is 3.93. The summed E-state index contributed by atoms with van der Waals surface area (Å²) < 4.78 is 5.30. The Labute approximate surface area is 78.7 Å². The Balaban J connectivity index is 2.40. The molecule has 2 N–H and O–H groups in total. The Bertz CT molecular complexity index is 324. The van der Waals surface area contributed by atoms with Gasteiger partial charge < -0.3 is 10.5 Å². The van der Waals surface area contributed by atoms with E-state index in [1.54, 1.807) is 7.11 Å². The van der Waals surface area contributed by atoms with Crippen molar-refractivity contribution in [3.05, 3.63) is 29.8 Å². The van der Waals surface area contributed by atoms with E-state index in [2.05, 4.69) is 13.0 Å². The lowest BCUT2D eigenvalue weighted by Gasteiger charge is -2.14. The van der Waals surface area contributed by atoms with Gasteiger partial charge in [-0.25, -0.2) is 0 Å². The number of hydrogen-bond acceptors (Lipinski definition) is 2. The van der Waals surface area contributed by atoms with Crippen LogP contribution in [-0.2, 0) is 5.41 Å². The molecule has 0 aliphatic heterocycles. The van der Waals surface area contributed by atoms with Gasteiger partial charge in [-0.1, -0.05) is 25.1 Å². The average molecular weight is 177 g/mol. The van der Waals surface area contributed by atoms with E-state index in [1.807, 2.05) is 18.2 Å². The molecule has 0 spiro atoms. The van der Waals surface area contributed by atoms with Gasteiger partial charge in [-0.2, -0.15) is 0 Å². The van der Waals surface area contributed by atoms with Crippen LogP contribution in [0.3, 0.4) is 0 Å². The minimum atomic E-state index is 0.145. The summed E-state index contributed by atoms with van der Waals surface area (Å²) in [6, 6.07) is 8.41. The topological polar surface area (TPSA) is 35.2 Å². The third-order valence-corrected chi connectivity index (χ3v) is 3.02.